The number of carbonyl (C=O) groups excluding carboxylic acids is 2. The Morgan fingerprint density at radius 1 is 0.588 bits per heavy atom. The summed E-state index contributed by atoms with van der Waals surface area (Å²) in [7, 11) is 1.17. The highest BCUT2D eigenvalue weighted by molar-refractivity contribution is 7.45. The maximum absolute atomic E-state index is 12.6. The topological polar surface area (TPSA) is 111 Å². The molecular formula is C41H80NO8P. The number of phosphoric ester groups is 1. The van der Waals surface area contributed by atoms with Crippen molar-refractivity contribution in [3.05, 3.63) is 12.2 Å². The van der Waals surface area contributed by atoms with Crippen LogP contribution in [0.25, 0.3) is 0 Å². The van der Waals surface area contributed by atoms with Crippen molar-refractivity contribution >= 4 is 19.8 Å². The van der Waals surface area contributed by atoms with Crippen molar-refractivity contribution in [2.75, 3.05) is 47.5 Å². The van der Waals surface area contributed by atoms with Gasteiger partial charge >= 0.3 is 11.9 Å². The quantitative estimate of drug-likeness (QED) is 0.0202. The van der Waals surface area contributed by atoms with Gasteiger partial charge in [-0.1, -0.05) is 148 Å². The fourth-order valence-corrected chi connectivity index (χ4v) is 6.44. The van der Waals surface area contributed by atoms with Crippen molar-refractivity contribution < 1.29 is 42.1 Å². The maximum Gasteiger partial charge on any atom is 0.306 e. The molecule has 0 saturated heterocycles. The van der Waals surface area contributed by atoms with Gasteiger partial charge in [-0.3, -0.25) is 14.2 Å². The fourth-order valence-electron chi connectivity index (χ4n) is 5.71. The van der Waals surface area contributed by atoms with Crippen LogP contribution in [0.15, 0.2) is 12.2 Å². The maximum atomic E-state index is 12.6. The van der Waals surface area contributed by atoms with Gasteiger partial charge in [-0.25, -0.2) is 0 Å². The van der Waals surface area contributed by atoms with Crippen LogP contribution in [0.3, 0.4) is 0 Å². The van der Waals surface area contributed by atoms with Crippen molar-refractivity contribution in [2.24, 2.45) is 0 Å². The van der Waals surface area contributed by atoms with Crippen LogP contribution in [-0.2, 0) is 32.7 Å². The largest absolute Gasteiger partial charge is 0.756 e. The number of unbranched alkanes of at least 4 members (excludes halogenated alkanes) is 22. The second kappa shape index (κ2) is 34.5. The predicted molar refractivity (Wildman–Crippen MR) is 208 cm³/mol. The van der Waals surface area contributed by atoms with E-state index < -0.39 is 26.5 Å². The molecule has 2 atom stereocenters. The van der Waals surface area contributed by atoms with Gasteiger partial charge in [0.1, 0.15) is 19.8 Å². The van der Waals surface area contributed by atoms with E-state index in [2.05, 4.69) is 26.0 Å². The van der Waals surface area contributed by atoms with Crippen LogP contribution >= 0.6 is 7.82 Å². The third-order valence-electron chi connectivity index (χ3n) is 9.04. The fraction of sp³-hybridized carbons (Fsp3) is 0.902. The van der Waals surface area contributed by atoms with Gasteiger partial charge in [0.25, 0.3) is 7.82 Å². The van der Waals surface area contributed by atoms with Crippen LogP contribution in [0, 0.1) is 0 Å². The summed E-state index contributed by atoms with van der Waals surface area (Å²) < 4.78 is 33.8. The first-order valence-corrected chi connectivity index (χ1v) is 22.4. The molecule has 0 aromatic rings. The number of hydrogen-bond acceptors (Lipinski definition) is 8. The number of ether oxygens (including phenoxy) is 2. The van der Waals surface area contributed by atoms with E-state index in [1.165, 1.54) is 96.3 Å². The molecule has 0 fully saturated rings. The van der Waals surface area contributed by atoms with Crippen molar-refractivity contribution in [1.29, 1.82) is 0 Å². The van der Waals surface area contributed by atoms with Gasteiger partial charge in [0, 0.05) is 12.8 Å². The molecule has 0 amide bonds. The highest BCUT2D eigenvalue weighted by Crippen LogP contribution is 2.38. The first-order valence-electron chi connectivity index (χ1n) is 20.9. The monoisotopic (exact) mass is 746 g/mol. The summed E-state index contributed by atoms with van der Waals surface area (Å²) in [5, 5.41) is 0. The molecule has 1 unspecified atom stereocenters. The van der Waals surface area contributed by atoms with Gasteiger partial charge < -0.3 is 27.9 Å². The number of nitrogens with zero attached hydrogens (tertiary/aromatic N) is 1. The van der Waals surface area contributed by atoms with E-state index in [1.54, 1.807) is 0 Å². The number of quaternary nitrogens is 1. The molecule has 0 aliphatic heterocycles. The lowest BCUT2D eigenvalue weighted by Crippen LogP contribution is -2.37. The highest BCUT2D eigenvalue weighted by Gasteiger charge is 2.21. The van der Waals surface area contributed by atoms with Gasteiger partial charge in [-0.05, 0) is 38.5 Å². The molecule has 51 heavy (non-hydrogen) atoms. The highest BCUT2D eigenvalue weighted by atomic mass is 31.2. The zero-order chi connectivity index (χ0) is 37.9. The molecule has 0 aliphatic carbocycles. The molecule has 0 rings (SSSR count). The summed E-state index contributed by atoms with van der Waals surface area (Å²) in [6.45, 7) is 4.20. The Morgan fingerprint density at radius 3 is 1.49 bits per heavy atom. The molecule has 0 aromatic carbocycles. The number of allylic oxidation sites excluding steroid dienone is 2. The molecule has 0 heterocycles. The van der Waals surface area contributed by atoms with E-state index in [1.807, 2.05) is 21.1 Å². The summed E-state index contributed by atoms with van der Waals surface area (Å²) in [6.07, 6.45) is 33.7. The molecule has 10 heteroatoms. The van der Waals surface area contributed by atoms with Crippen molar-refractivity contribution in [2.45, 2.75) is 193 Å². The first-order chi connectivity index (χ1) is 24.5. The van der Waals surface area contributed by atoms with E-state index in [0.717, 1.165) is 57.8 Å². The number of carbonyl (C=O) groups is 2. The van der Waals surface area contributed by atoms with E-state index >= 15 is 0 Å². The Labute approximate surface area is 314 Å². The van der Waals surface area contributed by atoms with Gasteiger partial charge in [-0.15, -0.1) is 0 Å². The zero-order valence-corrected chi connectivity index (χ0v) is 34.7. The Morgan fingerprint density at radius 2 is 1.00 bits per heavy atom. The molecule has 9 nitrogen and oxygen atoms in total. The lowest BCUT2D eigenvalue weighted by molar-refractivity contribution is -0.870. The van der Waals surface area contributed by atoms with Crippen molar-refractivity contribution in [3.8, 4) is 0 Å². The van der Waals surface area contributed by atoms with E-state index in [9.17, 15) is 19.0 Å². The molecule has 0 bridgehead atoms. The summed E-state index contributed by atoms with van der Waals surface area (Å²) in [5.41, 5.74) is 0. The number of rotatable bonds is 38. The molecular weight excluding hydrogens is 665 g/mol. The lowest BCUT2D eigenvalue weighted by atomic mass is 10.0. The van der Waals surface area contributed by atoms with Crippen LogP contribution in [0.1, 0.15) is 187 Å². The summed E-state index contributed by atoms with van der Waals surface area (Å²) in [6, 6.07) is 0. The average molecular weight is 746 g/mol. The Kier molecular flexibility index (Phi) is 33.7. The van der Waals surface area contributed by atoms with E-state index in [4.69, 9.17) is 18.5 Å². The molecule has 0 aromatic heterocycles. The SMILES string of the molecule is CCCCC/C=C/CCCCCCCC(=O)O[C@H](COC(=O)CCCCCCCCCCCCCCCCC)COP(=O)([O-])OCC[N+](C)(C)C. The summed E-state index contributed by atoms with van der Waals surface area (Å²) >= 11 is 0. The molecule has 0 aliphatic rings. The Balaban J connectivity index is 4.36. The van der Waals surface area contributed by atoms with Crippen molar-refractivity contribution in [1.82, 2.24) is 0 Å². The van der Waals surface area contributed by atoms with Crippen LogP contribution in [0.5, 0.6) is 0 Å². The minimum Gasteiger partial charge on any atom is -0.756 e. The van der Waals surface area contributed by atoms with Crippen molar-refractivity contribution in [3.63, 3.8) is 0 Å². The Hall–Kier alpha value is -1.25. The van der Waals surface area contributed by atoms with E-state index in [0.29, 0.717) is 17.4 Å². The molecule has 302 valence electrons. The average Bonchev–Trinajstić information content (AvgIpc) is 3.07. The Bertz CT molecular complexity index is 891. The van der Waals surface area contributed by atoms with Gasteiger partial charge in [0.15, 0.2) is 6.10 Å². The predicted octanol–water partition coefficient (Wildman–Crippen LogP) is 10.8. The van der Waals surface area contributed by atoms with Crippen LogP contribution in [-0.4, -0.2) is 70.0 Å². The number of hydrogen-bond donors (Lipinski definition) is 0. The van der Waals surface area contributed by atoms with Crippen LogP contribution in [0.2, 0.25) is 0 Å². The van der Waals surface area contributed by atoms with E-state index in [-0.39, 0.29) is 32.0 Å². The zero-order valence-electron chi connectivity index (χ0n) is 33.8. The number of esters is 2. The first kappa shape index (κ1) is 49.8. The normalized spacial score (nSPS) is 13.8. The lowest BCUT2D eigenvalue weighted by Gasteiger charge is -2.28. The molecule has 0 saturated carbocycles. The molecule has 0 radical (unpaired) electrons. The van der Waals surface area contributed by atoms with Crippen LogP contribution in [0.4, 0.5) is 0 Å². The minimum atomic E-state index is -4.62. The number of phosphoric acid groups is 1. The summed E-state index contributed by atoms with van der Waals surface area (Å²) in [5.74, 6) is -0.838. The minimum absolute atomic E-state index is 0.0295. The van der Waals surface area contributed by atoms with Gasteiger partial charge in [0.05, 0.1) is 27.7 Å². The second-order valence-corrected chi connectivity index (χ2v) is 16.8. The van der Waals surface area contributed by atoms with Crippen LogP contribution < -0.4 is 4.89 Å². The second-order valence-electron chi connectivity index (χ2n) is 15.4. The standard InChI is InChI=1S/C41H80NO8P/c1-6-8-10-12-14-16-18-20-21-22-24-25-27-29-31-33-40(43)47-37-39(38-49-51(45,46)48-36-35-42(3,4)5)50-41(44)34-32-30-28-26-23-19-17-15-13-11-9-7-2/h15,17,39H,6-14,16,18-38H2,1-5H3/b17-15+/t39-/m1/s1. The van der Waals surface area contributed by atoms with Gasteiger partial charge in [0.2, 0.25) is 0 Å². The van der Waals surface area contributed by atoms with Gasteiger partial charge in [-0.2, -0.15) is 0 Å². The molecule has 0 spiro atoms. The number of likely N-dealkylation sites (N-methyl/N-ethyl adjacent to an activating group) is 1. The smallest absolute Gasteiger partial charge is 0.306 e. The molecule has 0 N–H and O–H groups in total. The third-order valence-corrected chi connectivity index (χ3v) is 10.00. The third kappa shape index (κ3) is 38.3. The summed E-state index contributed by atoms with van der Waals surface area (Å²) in [4.78, 5) is 37.4.